The molecule has 94 valence electrons. The summed E-state index contributed by atoms with van der Waals surface area (Å²) in [4.78, 5) is 4.11. The normalized spacial score (nSPS) is 12.4. The van der Waals surface area contributed by atoms with Gasteiger partial charge in [-0.3, -0.25) is 4.98 Å². The van der Waals surface area contributed by atoms with Crippen molar-refractivity contribution in [2.24, 2.45) is 0 Å². The second-order valence-electron chi connectivity index (χ2n) is 4.43. The minimum Gasteiger partial charge on any atom is -0.384 e. The Hall–Kier alpha value is -1.67. The first-order valence-corrected chi connectivity index (χ1v) is 6.46. The zero-order chi connectivity index (χ0) is 13.0. The molecule has 2 rings (SSSR count). The third-order valence-corrected chi connectivity index (χ3v) is 3.29. The molecule has 1 N–H and O–H groups in total. The predicted octanol–water partition coefficient (Wildman–Crippen LogP) is 3.29. The van der Waals surface area contributed by atoms with Crippen LogP contribution in [0.15, 0.2) is 42.7 Å². The number of rotatable bonds is 4. The van der Waals surface area contributed by atoms with Gasteiger partial charge in [-0.1, -0.05) is 38.1 Å². The number of pyridine rings is 1. The monoisotopic (exact) mass is 241 g/mol. The van der Waals surface area contributed by atoms with Crippen molar-refractivity contribution in [3.63, 3.8) is 0 Å². The molecule has 2 heteroatoms. The summed E-state index contributed by atoms with van der Waals surface area (Å²) in [6, 6.07) is 10.0. The Balaban J connectivity index is 2.37. The molecule has 1 heterocycles. The summed E-state index contributed by atoms with van der Waals surface area (Å²) < 4.78 is 0. The van der Waals surface area contributed by atoms with Gasteiger partial charge in [0.25, 0.3) is 0 Å². The van der Waals surface area contributed by atoms with E-state index >= 15 is 0 Å². The van der Waals surface area contributed by atoms with Gasteiger partial charge < -0.3 is 5.11 Å². The topological polar surface area (TPSA) is 33.1 Å². The number of hydrogen-bond acceptors (Lipinski definition) is 2. The Bertz CT molecular complexity index is 522. The Morgan fingerprint density at radius 3 is 2.72 bits per heavy atom. The lowest BCUT2D eigenvalue weighted by Gasteiger charge is -2.15. The summed E-state index contributed by atoms with van der Waals surface area (Å²) in [6.45, 7) is 4.20. The molecule has 0 radical (unpaired) electrons. The highest BCUT2D eigenvalue weighted by Gasteiger charge is 2.13. The van der Waals surface area contributed by atoms with Crippen LogP contribution < -0.4 is 0 Å². The van der Waals surface area contributed by atoms with Gasteiger partial charge in [0.2, 0.25) is 0 Å². The summed E-state index contributed by atoms with van der Waals surface area (Å²) in [5.74, 6) is 0. The molecule has 0 spiro atoms. The first-order chi connectivity index (χ1) is 8.76. The Labute approximate surface area is 108 Å². The zero-order valence-electron chi connectivity index (χ0n) is 10.9. The fourth-order valence-corrected chi connectivity index (χ4v) is 2.16. The molecule has 0 fully saturated rings. The fraction of sp³-hybridized carbons (Fsp3) is 0.312. The van der Waals surface area contributed by atoms with Crippen LogP contribution >= 0.6 is 0 Å². The second-order valence-corrected chi connectivity index (χ2v) is 4.43. The maximum absolute atomic E-state index is 10.5. The maximum atomic E-state index is 10.5. The molecule has 1 aromatic heterocycles. The van der Waals surface area contributed by atoms with E-state index in [4.69, 9.17) is 0 Å². The van der Waals surface area contributed by atoms with Crippen LogP contribution in [0.25, 0.3) is 0 Å². The van der Waals surface area contributed by atoms with E-state index in [-0.39, 0.29) is 0 Å². The van der Waals surface area contributed by atoms with Crippen LogP contribution in [0.3, 0.4) is 0 Å². The van der Waals surface area contributed by atoms with E-state index in [1.54, 1.807) is 6.20 Å². The van der Waals surface area contributed by atoms with Gasteiger partial charge in [0.05, 0.1) is 0 Å². The van der Waals surface area contributed by atoms with Crippen molar-refractivity contribution in [1.82, 2.24) is 4.98 Å². The van der Waals surface area contributed by atoms with Gasteiger partial charge in [-0.15, -0.1) is 0 Å². The summed E-state index contributed by atoms with van der Waals surface area (Å²) in [6.07, 6.45) is 4.88. The molecule has 0 amide bonds. The third-order valence-electron chi connectivity index (χ3n) is 3.29. The van der Waals surface area contributed by atoms with Gasteiger partial charge >= 0.3 is 0 Å². The lowest BCUT2D eigenvalue weighted by atomic mass is 9.96. The van der Waals surface area contributed by atoms with Crippen molar-refractivity contribution in [3.05, 3.63) is 65.0 Å². The molecule has 0 aliphatic heterocycles. The molecule has 0 saturated heterocycles. The van der Waals surface area contributed by atoms with Crippen molar-refractivity contribution in [1.29, 1.82) is 0 Å². The smallest absolute Gasteiger partial charge is 0.104 e. The van der Waals surface area contributed by atoms with Crippen LogP contribution in [-0.4, -0.2) is 10.1 Å². The highest BCUT2D eigenvalue weighted by atomic mass is 16.3. The SMILES string of the molecule is CCc1cccc(C(O)c2ccncc2CC)c1. The number of benzene rings is 1. The Morgan fingerprint density at radius 1 is 1.17 bits per heavy atom. The number of nitrogens with zero attached hydrogens (tertiary/aromatic N) is 1. The molecule has 0 saturated carbocycles. The van der Waals surface area contributed by atoms with E-state index in [0.717, 1.165) is 29.5 Å². The van der Waals surface area contributed by atoms with Crippen LogP contribution in [-0.2, 0) is 12.8 Å². The Kier molecular flexibility index (Phi) is 4.11. The number of hydrogen-bond donors (Lipinski definition) is 1. The lowest BCUT2D eigenvalue weighted by Crippen LogP contribution is -2.04. The molecular weight excluding hydrogens is 222 g/mol. The zero-order valence-corrected chi connectivity index (χ0v) is 10.9. The van der Waals surface area contributed by atoms with Gasteiger partial charge in [-0.2, -0.15) is 0 Å². The van der Waals surface area contributed by atoms with Gasteiger partial charge in [0.15, 0.2) is 0 Å². The summed E-state index contributed by atoms with van der Waals surface area (Å²) in [5, 5.41) is 10.5. The molecule has 0 aliphatic rings. The highest BCUT2D eigenvalue weighted by Crippen LogP contribution is 2.25. The maximum Gasteiger partial charge on any atom is 0.104 e. The minimum atomic E-state index is -0.561. The average molecular weight is 241 g/mol. The van der Waals surface area contributed by atoms with Gasteiger partial charge in [0.1, 0.15) is 6.10 Å². The number of aliphatic hydroxyl groups excluding tert-OH is 1. The lowest BCUT2D eigenvalue weighted by molar-refractivity contribution is 0.219. The van der Waals surface area contributed by atoms with Gasteiger partial charge in [-0.25, -0.2) is 0 Å². The molecule has 1 aromatic carbocycles. The average Bonchev–Trinajstić information content (AvgIpc) is 2.46. The standard InChI is InChI=1S/C16H19NO/c1-3-12-6-5-7-14(10-12)16(18)15-8-9-17-11-13(15)4-2/h5-11,16,18H,3-4H2,1-2H3. The van der Waals surface area contributed by atoms with Crippen LogP contribution in [0.2, 0.25) is 0 Å². The van der Waals surface area contributed by atoms with Crippen LogP contribution in [0.4, 0.5) is 0 Å². The molecule has 0 bridgehead atoms. The summed E-state index contributed by atoms with van der Waals surface area (Å²) in [7, 11) is 0. The quantitative estimate of drug-likeness (QED) is 0.891. The molecular formula is C16H19NO. The number of aryl methyl sites for hydroxylation is 2. The highest BCUT2D eigenvalue weighted by molar-refractivity contribution is 5.35. The molecule has 1 unspecified atom stereocenters. The Morgan fingerprint density at radius 2 is 2.00 bits per heavy atom. The van der Waals surface area contributed by atoms with Crippen molar-refractivity contribution in [3.8, 4) is 0 Å². The van der Waals surface area contributed by atoms with Gasteiger partial charge in [0, 0.05) is 12.4 Å². The molecule has 18 heavy (non-hydrogen) atoms. The second kappa shape index (κ2) is 5.78. The van der Waals surface area contributed by atoms with Crippen LogP contribution in [0.5, 0.6) is 0 Å². The van der Waals surface area contributed by atoms with Gasteiger partial charge in [-0.05, 0) is 41.2 Å². The van der Waals surface area contributed by atoms with Crippen molar-refractivity contribution in [2.75, 3.05) is 0 Å². The van der Waals surface area contributed by atoms with E-state index in [1.165, 1.54) is 5.56 Å². The van der Waals surface area contributed by atoms with E-state index in [9.17, 15) is 5.11 Å². The molecule has 2 nitrogen and oxygen atoms in total. The largest absolute Gasteiger partial charge is 0.384 e. The van der Waals surface area contributed by atoms with E-state index in [1.807, 2.05) is 24.4 Å². The third kappa shape index (κ3) is 2.59. The minimum absolute atomic E-state index is 0.561. The van der Waals surface area contributed by atoms with Crippen LogP contribution in [0, 0.1) is 0 Å². The van der Waals surface area contributed by atoms with Crippen molar-refractivity contribution in [2.45, 2.75) is 32.8 Å². The molecule has 0 aliphatic carbocycles. The summed E-state index contributed by atoms with van der Waals surface area (Å²) >= 11 is 0. The van der Waals surface area contributed by atoms with E-state index < -0.39 is 6.10 Å². The molecule has 2 aromatic rings. The number of aromatic nitrogens is 1. The van der Waals surface area contributed by atoms with E-state index in [2.05, 4.69) is 31.0 Å². The first-order valence-electron chi connectivity index (χ1n) is 6.46. The van der Waals surface area contributed by atoms with Crippen molar-refractivity contribution >= 4 is 0 Å². The van der Waals surface area contributed by atoms with Crippen LogP contribution in [0.1, 0.15) is 42.2 Å². The molecule has 1 atom stereocenters. The fourth-order valence-electron chi connectivity index (χ4n) is 2.16. The predicted molar refractivity (Wildman–Crippen MR) is 73.5 cm³/mol. The number of aliphatic hydroxyl groups is 1. The first kappa shape index (κ1) is 12.8. The van der Waals surface area contributed by atoms with Crippen molar-refractivity contribution < 1.29 is 5.11 Å². The van der Waals surface area contributed by atoms with E-state index in [0.29, 0.717) is 0 Å². The summed E-state index contributed by atoms with van der Waals surface area (Å²) in [5.41, 5.74) is 4.27.